The van der Waals surface area contributed by atoms with Crippen LogP contribution in [0.2, 0.25) is 0 Å². The van der Waals surface area contributed by atoms with Crippen LogP contribution in [0, 0.1) is 0 Å². The fourth-order valence-electron chi connectivity index (χ4n) is 1.85. The second kappa shape index (κ2) is 7.87. The Labute approximate surface area is 119 Å². The fraction of sp³-hybridized carbons (Fsp3) is 0.533. The van der Waals surface area contributed by atoms with Gasteiger partial charge in [0.05, 0.1) is 13.2 Å². The first kappa shape index (κ1) is 16.5. The van der Waals surface area contributed by atoms with Crippen molar-refractivity contribution in [1.29, 1.82) is 0 Å². The molecule has 2 N–H and O–H groups in total. The van der Waals surface area contributed by atoms with Crippen LogP contribution in [0.15, 0.2) is 24.3 Å². The van der Waals surface area contributed by atoms with E-state index in [1.165, 1.54) is 0 Å². The van der Waals surface area contributed by atoms with Crippen LogP contribution in [0.1, 0.15) is 25.3 Å². The molecule has 0 saturated heterocycles. The molecule has 0 fully saturated rings. The first-order valence-corrected chi connectivity index (χ1v) is 6.65. The Balaban J connectivity index is 2.41. The van der Waals surface area contributed by atoms with Gasteiger partial charge in [-0.1, -0.05) is 12.1 Å². The molecule has 0 spiro atoms. The van der Waals surface area contributed by atoms with E-state index in [0.717, 1.165) is 11.3 Å². The topological polar surface area (TPSA) is 67.8 Å². The minimum atomic E-state index is -0.902. The maximum absolute atomic E-state index is 11.1. The van der Waals surface area contributed by atoms with E-state index in [1.54, 1.807) is 21.1 Å². The highest BCUT2D eigenvalue weighted by Gasteiger charge is 2.30. The fourth-order valence-corrected chi connectivity index (χ4v) is 1.85. The Kier molecular flexibility index (Phi) is 6.48. The number of carbonyl (C=O) groups is 1. The van der Waals surface area contributed by atoms with Crippen molar-refractivity contribution in [2.45, 2.75) is 31.9 Å². The number of rotatable bonds is 9. The highest BCUT2D eigenvalue weighted by atomic mass is 16.5. The summed E-state index contributed by atoms with van der Waals surface area (Å²) in [7, 11) is 3.31. The first-order chi connectivity index (χ1) is 9.51. The number of hydrogen-bond acceptors (Lipinski definition) is 4. The van der Waals surface area contributed by atoms with Crippen LogP contribution in [-0.4, -0.2) is 37.4 Å². The zero-order valence-corrected chi connectivity index (χ0v) is 12.3. The van der Waals surface area contributed by atoms with Gasteiger partial charge in [0.2, 0.25) is 0 Å². The number of likely N-dealkylation sites (N-methyl/N-ethyl adjacent to an activating group) is 1. The maximum Gasteiger partial charge on any atom is 0.323 e. The number of hydrogen-bond donors (Lipinski definition) is 2. The predicted octanol–water partition coefficient (Wildman–Crippen LogP) is 2.05. The standard InChI is InChI=1S/C15H23NO4/c1-15(16-2,14(17)18)8-5-9-20-13-7-4-6-12(10-13)11-19-3/h4,6-7,10,16H,5,8-9,11H2,1-3H3,(H,17,18). The molecule has 0 aliphatic carbocycles. The SMILES string of the molecule is CNC(C)(CCCOc1cccc(COC)c1)C(=O)O. The molecule has 1 aromatic carbocycles. The lowest BCUT2D eigenvalue weighted by molar-refractivity contribution is -0.144. The Hall–Kier alpha value is -1.59. The zero-order chi connectivity index (χ0) is 15.0. The summed E-state index contributed by atoms with van der Waals surface area (Å²) in [6.07, 6.45) is 1.18. The second-order valence-corrected chi connectivity index (χ2v) is 4.92. The Morgan fingerprint density at radius 1 is 1.45 bits per heavy atom. The van der Waals surface area contributed by atoms with Gasteiger partial charge >= 0.3 is 5.97 Å². The zero-order valence-electron chi connectivity index (χ0n) is 12.3. The lowest BCUT2D eigenvalue weighted by Gasteiger charge is -2.23. The first-order valence-electron chi connectivity index (χ1n) is 6.65. The van der Waals surface area contributed by atoms with Crippen LogP contribution in [0.25, 0.3) is 0 Å². The summed E-state index contributed by atoms with van der Waals surface area (Å²) in [4.78, 5) is 11.1. The highest BCUT2D eigenvalue weighted by molar-refractivity contribution is 5.78. The number of benzene rings is 1. The van der Waals surface area contributed by atoms with Crippen molar-refractivity contribution in [3.63, 3.8) is 0 Å². The Bertz CT molecular complexity index is 436. The summed E-state index contributed by atoms with van der Waals surface area (Å²) in [6.45, 7) is 2.71. The monoisotopic (exact) mass is 281 g/mol. The van der Waals surface area contributed by atoms with Crippen molar-refractivity contribution in [3.8, 4) is 5.75 Å². The van der Waals surface area contributed by atoms with Crippen LogP contribution in [-0.2, 0) is 16.1 Å². The van der Waals surface area contributed by atoms with E-state index < -0.39 is 11.5 Å². The van der Waals surface area contributed by atoms with Crippen LogP contribution < -0.4 is 10.1 Å². The molecule has 0 saturated carbocycles. The molecule has 0 radical (unpaired) electrons. The quantitative estimate of drug-likeness (QED) is 0.678. The average molecular weight is 281 g/mol. The average Bonchev–Trinajstić information content (AvgIpc) is 2.44. The minimum absolute atomic E-state index is 0.487. The third-order valence-corrected chi connectivity index (χ3v) is 3.32. The number of nitrogens with one attached hydrogen (secondary N) is 1. The largest absolute Gasteiger partial charge is 0.494 e. The molecule has 1 unspecified atom stereocenters. The number of ether oxygens (including phenoxy) is 2. The van der Waals surface area contributed by atoms with E-state index in [-0.39, 0.29) is 0 Å². The second-order valence-electron chi connectivity index (χ2n) is 4.92. The summed E-state index contributed by atoms with van der Waals surface area (Å²) in [6, 6.07) is 7.70. The van der Waals surface area contributed by atoms with Gasteiger partial charge in [0.15, 0.2) is 0 Å². The van der Waals surface area contributed by atoms with E-state index in [9.17, 15) is 4.79 Å². The van der Waals surface area contributed by atoms with Crippen molar-refractivity contribution in [1.82, 2.24) is 5.32 Å². The van der Waals surface area contributed by atoms with Gasteiger partial charge in [-0.2, -0.15) is 0 Å². The predicted molar refractivity (Wildman–Crippen MR) is 77.0 cm³/mol. The van der Waals surface area contributed by atoms with Gasteiger partial charge < -0.3 is 19.9 Å². The molecule has 5 nitrogen and oxygen atoms in total. The summed E-state index contributed by atoms with van der Waals surface area (Å²) >= 11 is 0. The van der Waals surface area contributed by atoms with Gasteiger partial charge in [0.1, 0.15) is 11.3 Å². The third-order valence-electron chi connectivity index (χ3n) is 3.32. The maximum atomic E-state index is 11.1. The van der Waals surface area contributed by atoms with Crippen molar-refractivity contribution in [3.05, 3.63) is 29.8 Å². The summed E-state index contributed by atoms with van der Waals surface area (Å²) in [5.41, 5.74) is 0.150. The molecule has 0 amide bonds. The van der Waals surface area contributed by atoms with E-state index in [0.29, 0.717) is 26.1 Å². The van der Waals surface area contributed by atoms with E-state index >= 15 is 0 Å². The normalized spacial score (nSPS) is 13.8. The lowest BCUT2D eigenvalue weighted by Crippen LogP contribution is -2.47. The molecule has 1 atom stereocenters. The van der Waals surface area contributed by atoms with Crippen LogP contribution in [0.3, 0.4) is 0 Å². The molecular weight excluding hydrogens is 258 g/mol. The lowest BCUT2D eigenvalue weighted by atomic mass is 9.96. The van der Waals surface area contributed by atoms with Gasteiger partial charge in [0, 0.05) is 7.11 Å². The molecule has 0 aromatic heterocycles. The third kappa shape index (κ3) is 4.83. The minimum Gasteiger partial charge on any atom is -0.494 e. The van der Waals surface area contributed by atoms with E-state index in [2.05, 4.69) is 5.32 Å². The highest BCUT2D eigenvalue weighted by Crippen LogP contribution is 2.16. The molecule has 0 aliphatic heterocycles. The number of carboxylic acid groups (broad SMARTS) is 1. The van der Waals surface area contributed by atoms with Gasteiger partial charge in [-0.25, -0.2) is 0 Å². The van der Waals surface area contributed by atoms with Gasteiger partial charge in [-0.3, -0.25) is 4.79 Å². The van der Waals surface area contributed by atoms with Crippen molar-refractivity contribution in [2.75, 3.05) is 20.8 Å². The Morgan fingerprint density at radius 3 is 2.80 bits per heavy atom. The van der Waals surface area contributed by atoms with Crippen LogP contribution in [0.5, 0.6) is 5.75 Å². The molecule has 20 heavy (non-hydrogen) atoms. The van der Waals surface area contributed by atoms with E-state index in [4.69, 9.17) is 14.6 Å². The Morgan fingerprint density at radius 2 is 2.20 bits per heavy atom. The molecule has 0 heterocycles. The molecule has 5 heteroatoms. The molecular formula is C15H23NO4. The molecule has 1 aromatic rings. The van der Waals surface area contributed by atoms with Crippen molar-refractivity contribution >= 4 is 5.97 Å². The summed E-state index contributed by atoms with van der Waals surface area (Å²) < 4.78 is 10.7. The van der Waals surface area contributed by atoms with Crippen molar-refractivity contribution in [2.24, 2.45) is 0 Å². The van der Waals surface area contributed by atoms with Gasteiger partial charge in [-0.15, -0.1) is 0 Å². The van der Waals surface area contributed by atoms with Crippen LogP contribution in [0.4, 0.5) is 0 Å². The molecule has 0 bridgehead atoms. The number of carboxylic acids is 1. The number of methoxy groups -OCH3 is 1. The van der Waals surface area contributed by atoms with Gasteiger partial charge in [0.25, 0.3) is 0 Å². The van der Waals surface area contributed by atoms with Crippen LogP contribution >= 0.6 is 0 Å². The number of aliphatic carboxylic acids is 1. The summed E-state index contributed by atoms with van der Waals surface area (Å²) in [5, 5.41) is 12.0. The summed E-state index contributed by atoms with van der Waals surface area (Å²) in [5.74, 6) is -0.0665. The molecule has 1 rings (SSSR count). The van der Waals surface area contributed by atoms with Crippen molar-refractivity contribution < 1.29 is 19.4 Å². The van der Waals surface area contributed by atoms with Gasteiger partial charge in [-0.05, 0) is 44.5 Å². The molecule has 0 aliphatic rings. The molecule has 112 valence electrons. The van der Waals surface area contributed by atoms with E-state index in [1.807, 2.05) is 24.3 Å². The smallest absolute Gasteiger partial charge is 0.323 e.